The molecule has 1 aromatic heterocycles. The molecule has 102 valence electrons. The molecule has 7 heteroatoms. The SMILES string of the molecule is CCCc1c(NC)ncnc1NCC(O)C(F)F. The third-order valence-electron chi connectivity index (χ3n) is 2.45. The van der Waals surface area contributed by atoms with E-state index in [9.17, 15) is 8.78 Å². The van der Waals surface area contributed by atoms with Gasteiger partial charge in [0, 0.05) is 19.2 Å². The maximum absolute atomic E-state index is 12.2. The van der Waals surface area contributed by atoms with Gasteiger partial charge < -0.3 is 15.7 Å². The first-order valence-corrected chi connectivity index (χ1v) is 5.81. The third-order valence-corrected chi connectivity index (χ3v) is 2.45. The van der Waals surface area contributed by atoms with E-state index in [1.165, 1.54) is 6.33 Å². The topological polar surface area (TPSA) is 70.1 Å². The van der Waals surface area contributed by atoms with Crippen LogP contribution in [-0.4, -0.2) is 41.2 Å². The molecule has 3 N–H and O–H groups in total. The lowest BCUT2D eigenvalue weighted by Crippen LogP contribution is -2.27. The van der Waals surface area contributed by atoms with E-state index in [4.69, 9.17) is 5.11 Å². The molecule has 1 aromatic rings. The van der Waals surface area contributed by atoms with Gasteiger partial charge in [0.25, 0.3) is 6.43 Å². The first-order valence-electron chi connectivity index (χ1n) is 5.81. The normalized spacial score (nSPS) is 12.6. The number of halogens is 2. The Morgan fingerprint density at radius 1 is 1.33 bits per heavy atom. The predicted octanol–water partition coefficient (Wildman–Crippen LogP) is 1.51. The Morgan fingerprint density at radius 3 is 2.56 bits per heavy atom. The molecule has 0 bridgehead atoms. The minimum Gasteiger partial charge on any atom is -0.385 e. The van der Waals surface area contributed by atoms with E-state index < -0.39 is 12.5 Å². The molecule has 0 spiro atoms. The molecule has 1 rings (SSSR count). The van der Waals surface area contributed by atoms with Gasteiger partial charge >= 0.3 is 0 Å². The van der Waals surface area contributed by atoms with Gasteiger partial charge in [-0.15, -0.1) is 0 Å². The molecule has 18 heavy (non-hydrogen) atoms. The molecule has 0 saturated carbocycles. The Balaban J connectivity index is 2.80. The lowest BCUT2D eigenvalue weighted by atomic mass is 10.1. The number of alkyl halides is 2. The smallest absolute Gasteiger partial charge is 0.265 e. The zero-order valence-electron chi connectivity index (χ0n) is 10.5. The fourth-order valence-electron chi connectivity index (χ4n) is 1.56. The number of anilines is 2. The summed E-state index contributed by atoms with van der Waals surface area (Å²) in [6.45, 7) is 1.76. The highest BCUT2D eigenvalue weighted by atomic mass is 19.3. The Labute approximate surface area is 105 Å². The molecule has 5 nitrogen and oxygen atoms in total. The number of aliphatic hydroxyl groups excluding tert-OH is 1. The van der Waals surface area contributed by atoms with Crippen molar-refractivity contribution in [2.75, 3.05) is 24.2 Å². The maximum Gasteiger partial charge on any atom is 0.265 e. The van der Waals surface area contributed by atoms with Crippen LogP contribution in [-0.2, 0) is 6.42 Å². The summed E-state index contributed by atoms with van der Waals surface area (Å²) in [5, 5.41) is 14.7. The fourth-order valence-corrected chi connectivity index (χ4v) is 1.56. The lowest BCUT2D eigenvalue weighted by Gasteiger charge is -2.15. The summed E-state index contributed by atoms with van der Waals surface area (Å²) < 4.78 is 24.4. The minimum absolute atomic E-state index is 0.242. The molecule has 0 aliphatic carbocycles. The Morgan fingerprint density at radius 2 is 2.00 bits per heavy atom. The monoisotopic (exact) mass is 260 g/mol. The summed E-state index contributed by atoms with van der Waals surface area (Å²) in [4.78, 5) is 8.08. The van der Waals surface area contributed by atoms with Gasteiger partial charge in [-0.05, 0) is 6.42 Å². The van der Waals surface area contributed by atoms with E-state index in [-0.39, 0.29) is 6.54 Å². The highest BCUT2D eigenvalue weighted by Gasteiger charge is 2.17. The van der Waals surface area contributed by atoms with Gasteiger partial charge in [-0.25, -0.2) is 18.7 Å². The first kappa shape index (κ1) is 14.6. The number of aliphatic hydroxyl groups is 1. The van der Waals surface area contributed by atoms with Crippen molar-refractivity contribution in [3.8, 4) is 0 Å². The number of nitrogens with one attached hydrogen (secondary N) is 2. The summed E-state index contributed by atoms with van der Waals surface area (Å²) in [5.74, 6) is 1.15. The second-order valence-electron chi connectivity index (χ2n) is 3.83. The van der Waals surface area contributed by atoms with Gasteiger partial charge in [-0.1, -0.05) is 13.3 Å². The highest BCUT2D eigenvalue weighted by molar-refractivity contribution is 5.57. The second kappa shape index (κ2) is 7.05. The van der Waals surface area contributed by atoms with E-state index in [1.807, 2.05) is 6.92 Å². The number of hydrogen-bond donors (Lipinski definition) is 3. The molecular weight excluding hydrogens is 242 g/mol. The number of aromatic nitrogens is 2. The van der Waals surface area contributed by atoms with E-state index in [2.05, 4.69) is 20.6 Å². The van der Waals surface area contributed by atoms with Crippen molar-refractivity contribution >= 4 is 11.6 Å². The van der Waals surface area contributed by atoms with E-state index in [1.54, 1.807) is 7.05 Å². The zero-order valence-corrected chi connectivity index (χ0v) is 10.5. The highest BCUT2D eigenvalue weighted by Crippen LogP contribution is 2.21. The van der Waals surface area contributed by atoms with Crippen molar-refractivity contribution in [1.29, 1.82) is 0 Å². The predicted molar refractivity (Wildman–Crippen MR) is 66.1 cm³/mol. The summed E-state index contributed by atoms with van der Waals surface area (Å²) >= 11 is 0. The van der Waals surface area contributed by atoms with Gasteiger partial charge in [-0.3, -0.25) is 0 Å². The number of hydrogen-bond acceptors (Lipinski definition) is 5. The Kier molecular flexibility index (Phi) is 5.70. The number of rotatable bonds is 7. The van der Waals surface area contributed by atoms with Crippen LogP contribution in [0, 0.1) is 0 Å². The molecule has 0 aliphatic rings. The number of nitrogens with zero attached hydrogens (tertiary/aromatic N) is 2. The quantitative estimate of drug-likeness (QED) is 0.693. The van der Waals surface area contributed by atoms with Crippen LogP contribution in [0.15, 0.2) is 6.33 Å². The van der Waals surface area contributed by atoms with E-state index in [0.717, 1.165) is 18.4 Å². The standard InChI is InChI=1S/C11H18F2N4O/c1-3-4-7-10(14-2)16-6-17-11(7)15-5-8(18)9(12)13/h6,8-9,18H,3-5H2,1-2H3,(H2,14,15,16,17). The molecular formula is C11H18F2N4O. The molecule has 0 aromatic carbocycles. The molecule has 1 heterocycles. The van der Waals surface area contributed by atoms with Crippen molar-refractivity contribution in [3.63, 3.8) is 0 Å². The molecule has 0 fully saturated rings. The molecule has 0 aliphatic heterocycles. The van der Waals surface area contributed by atoms with E-state index >= 15 is 0 Å². The van der Waals surface area contributed by atoms with Crippen LogP contribution in [0.1, 0.15) is 18.9 Å². The van der Waals surface area contributed by atoms with Crippen LogP contribution in [0.3, 0.4) is 0 Å². The summed E-state index contributed by atoms with van der Waals surface area (Å²) in [7, 11) is 1.74. The molecule has 0 radical (unpaired) electrons. The Bertz CT molecular complexity index is 376. The van der Waals surface area contributed by atoms with Crippen LogP contribution in [0.5, 0.6) is 0 Å². The van der Waals surface area contributed by atoms with Crippen molar-refractivity contribution in [2.45, 2.75) is 32.3 Å². The first-order chi connectivity index (χ1) is 8.60. The van der Waals surface area contributed by atoms with Crippen molar-refractivity contribution in [3.05, 3.63) is 11.9 Å². The average molecular weight is 260 g/mol. The van der Waals surface area contributed by atoms with Crippen molar-refractivity contribution < 1.29 is 13.9 Å². The van der Waals surface area contributed by atoms with Crippen LogP contribution in [0.4, 0.5) is 20.4 Å². The molecule has 1 atom stereocenters. The van der Waals surface area contributed by atoms with Crippen LogP contribution in [0.25, 0.3) is 0 Å². The van der Waals surface area contributed by atoms with Gasteiger partial charge in [0.1, 0.15) is 24.1 Å². The second-order valence-corrected chi connectivity index (χ2v) is 3.83. The van der Waals surface area contributed by atoms with Crippen molar-refractivity contribution in [2.24, 2.45) is 0 Å². The fraction of sp³-hybridized carbons (Fsp3) is 0.636. The summed E-state index contributed by atoms with van der Waals surface area (Å²) in [5.41, 5.74) is 0.837. The molecule has 0 amide bonds. The van der Waals surface area contributed by atoms with E-state index in [0.29, 0.717) is 11.6 Å². The third kappa shape index (κ3) is 3.76. The Hall–Kier alpha value is -1.50. The lowest BCUT2D eigenvalue weighted by molar-refractivity contribution is 0.00380. The minimum atomic E-state index is -2.77. The maximum atomic E-state index is 12.2. The van der Waals surface area contributed by atoms with Gasteiger partial charge in [0.2, 0.25) is 0 Å². The molecule has 0 saturated heterocycles. The van der Waals surface area contributed by atoms with Crippen LogP contribution < -0.4 is 10.6 Å². The van der Waals surface area contributed by atoms with Gasteiger partial charge in [0.05, 0.1) is 0 Å². The average Bonchev–Trinajstić information content (AvgIpc) is 2.37. The summed E-state index contributed by atoms with van der Waals surface area (Å²) in [6.07, 6.45) is -1.51. The zero-order chi connectivity index (χ0) is 13.5. The van der Waals surface area contributed by atoms with Crippen LogP contribution in [0.2, 0.25) is 0 Å². The largest absolute Gasteiger partial charge is 0.385 e. The van der Waals surface area contributed by atoms with Gasteiger partial charge in [0.15, 0.2) is 0 Å². The van der Waals surface area contributed by atoms with Gasteiger partial charge in [-0.2, -0.15) is 0 Å². The van der Waals surface area contributed by atoms with Crippen LogP contribution >= 0.6 is 0 Å². The molecule has 1 unspecified atom stereocenters. The van der Waals surface area contributed by atoms with Crippen molar-refractivity contribution in [1.82, 2.24) is 9.97 Å². The summed E-state index contributed by atoms with van der Waals surface area (Å²) in [6, 6.07) is 0.